The van der Waals surface area contributed by atoms with E-state index in [4.69, 9.17) is 9.63 Å². The molecular formula is C10H14N4O4. The molecule has 0 radical (unpaired) electrons. The minimum atomic E-state index is -1.06. The number of aliphatic carboxylic acids is 1. The van der Waals surface area contributed by atoms with Crippen molar-refractivity contribution in [1.82, 2.24) is 20.8 Å². The molecular weight excluding hydrogens is 240 g/mol. The molecule has 8 nitrogen and oxygen atoms in total. The third-order valence-electron chi connectivity index (χ3n) is 2.71. The molecule has 0 aromatic carbocycles. The second-order valence-corrected chi connectivity index (χ2v) is 4.25. The van der Waals surface area contributed by atoms with Gasteiger partial charge in [-0.25, -0.2) is 9.59 Å². The highest BCUT2D eigenvalue weighted by molar-refractivity contribution is 5.88. The van der Waals surface area contributed by atoms with E-state index in [0.717, 1.165) is 0 Å². The molecule has 1 aliphatic carbocycles. The van der Waals surface area contributed by atoms with Crippen LogP contribution in [0.4, 0.5) is 4.79 Å². The molecule has 1 aromatic rings. The lowest BCUT2D eigenvalue weighted by molar-refractivity contribution is -0.140. The second kappa shape index (κ2) is 4.63. The Hall–Kier alpha value is -2.12. The number of carbonyl (C=O) groups is 2. The number of hydrogen-bond acceptors (Lipinski definition) is 5. The maximum absolute atomic E-state index is 11.4. The largest absolute Gasteiger partial charge is 0.480 e. The summed E-state index contributed by atoms with van der Waals surface area (Å²) >= 11 is 0. The normalized spacial score (nSPS) is 16.1. The molecule has 2 rings (SSSR count). The zero-order chi connectivity index (χ0) is 13.2. The summed E-state index contributed by atoms with van der Waals surface area (Å²) in [6.07, 6.45) is 1.35. The van der Waals surface area contributed by atoms with Crippen molar-refractivity contribution in [3.63, 3.8) is 0 Å². The third kappa shape index (κ3) is 2.76. The third-order valence-corrected chi connectivity index (χ3v) is 2.71. The van der Waals surface area contributed by atoms with Crippen molar-refractivity contribution in [2.24, 2.45) is 0 Å². The van der Waals surface area contributed by atoms with E-state index in [1.54, 1.807) is 6.92 Å². The number of aryl methyl sites for hydroxylation is 1. The van der Waals surface area contributed by atoms with Crippen molar-refractivity contribution in [3.8, 4) is 0 Å². The minimum Gasteiger partial charge on any atom is -0.480 e. The molecule has 1 saturated carbocycles. The van der Waals surface area contributed by atoms with Gasteiger partial charge in [0.15, 0.2) is 5.82 Å². The van der Waals surface area contributed by atoms with Gasteiger partial charge in [0, 0.05) is 13.0 Å². The summed E-state index contributed by atoms with van der Waals surface area (Å²) < 4.78 is 4.87. The fourth-order valence-electron chi connectivity index (χ4n) is 1.50. The number of hydrogen-bond donors (Lipinski definition) is 3. The van der Waals surface area contributed by atoms with E-state index in [9.17, 15) is 9.59 Å². The van der Waals surface area contributed by atoms with Gasteiger partial charge in [-0.1, -0.05) is 5.16 Å². The number of rotatable bonds is 5. The molecule has 1 fully saturated rings. The zero-order valence-corrected chi connectivity index (χ0v) is 9.89. The lowest BCUT2D eigenvalue weighted by atomic mass is 10.3. The molecule has 0 aliphatic heterocycles. The average molecular weight is 254 g/mol. The topological polar surface area (TPSA) is 117 Å². The van der Waals surface area contributed by atoms with Crippen LogP contribution in [0.3, 0.4) is 0 Å². The van der Waals surface area contributed by atoms with Gasteiger partial charge in [-0.05, 0) is 19.8 Å². The number of nitrogens with one attached hydrogen (secondary N) is 2. The zero-order valence-electron chi connectivity index (χ0n) is 9.89. The molecule has 98 valence electrons. The predicted octanol–water partition coefficient (Wildman–Crippen LogP) is -0.163. The molecule has 18 heavy (non-hydrogen) atoms. The first kappa shape index (κ1) is 12.3. The molecule has 3 N–H and O–H groups in total. The minimum absolute atomic E-state index is 0.309. The Balaban J connectivity index is 1.71. The molecule has 1 aromatic heterocycles. The number of aromatic nitrogens is 2. The van der Waals surface area contributed by atoms with Gasteiger partial charge in [0.2, 0.25) is 5.89 Å². The molecule has 2 amide bonds. The van der Waals surface area contributed by atoms with E-state index < -0.39 is 17.5 Å². The fourth-order valence-corrected chi connectivity index (χ4v) is 1.50. The van der Waals surface area contributed by atoms with Gasteiger partial charge in [0.05, 0.1) is 0 Å². The Morgan fingerprint density at radius 2 is 2.22 bits per heavy atom. The Morgan fingerprint density at radius 3 is 2.72 bits per heavy atom. The Bertz CT molecular complexity index is 466. The molecule has 1 aliphatic rings. The summed E-state index contributed by atoms with van der Waals surface area (Å²) in [5.74, 6) is -0.0189. The van der Waals surface area contributed by atoms with Crippen LogP contribution >= 0.6 is 0 Å². The van der Waals surface area contributed by atoms with Crippen LogP contribution in [0.5, 0.6) is 0 Å². The van der Waals surface area contributed by atoms with Crippen molar-refractivity contribution < 1.29 is 19.2 Å². The van der Waals surface area contributed by atoms with Gasteiger partial charge >= 0.3 is 12.0 Å². The van der Waals surface area contributed by atoms with Gasteiger partial charge in [0.1, 0.15) is 5.54 Å². The maximum atomic E-state index is 11.4. The lowest BCUT2D eigenvalue weighted by Gasteiger charge is -2.12. The first-order valence-electron chi connectivity index (χ1n) is 5.60. The number of carboxylic acids is 1. The van der Waals surface area contributed by atoms with E-state index in [1.165, 1.54) is 0 Å². The molecule has 0 saturated heterocycles. The molecule has 1 heterocycles. The van der Waals surface area contributed by atoms with Crippen molar-refractivity contribution in [2.45, 2.75) is 31.7 Å². The van der Waals surface area contributed by atoms with E-state index in [2.05, 4.69) is 20.8 Å². The smallest absolute Gasteiger partial charge is 0.329 e. The maximum Gasteiger partial charge on any atom is 0.329 e. The Kier molecular flexibility index (Phi) is 3.17. The van der Waals surface area contributed by atoms with Crippen LogP contribution in [-0.4, -0.2) is 39.3 Å². The monoisotopic (exact) mass is 254 g/mol. The summed E-state index contributed by atoms with van der Waals surface area (Å²) in [6, 6.07) is -0.494. The number of urea groups is 1. The summed E-state index contributed by atoms with van der Waals surface area (Å²) in [5.41, 5.74) is -1.06. The molecule has 8 heteroatoms. The van der Waals surface area contributed by atoms with Crippen molar-refractivity contribution in [3.05, 3.63) is 11.7 Å². The van der Waals surface area contributed by atoms with Crippen LogP contribution < -0.4 is 10.6 Å². The van der Waals surface area contributed by atoms with Crippen LogP contribution in [0.15, 0.2) is 4.52 Å². The van der Waals surface area contributed by atoms with Gasteiger partial charge in [0.25, 0.3) is 0 Å². The Morgan fingerprint density at radius 1 is 1.50 bits per heavy atom. The molecule has 0 atom stereocenters. The Labute approximate surface area is 103 Å². The van der Waals surface area contributed by atoms with E-state index in [-0.39, 0.29) is 0 Å². The number of carboxylic acid groups (broad SMARTS) is 1. The quantitative estimate of drug-likeness (QED) is 0.672. The highest BCUT2D eigenvalue weighted by atomic mass is 16.5. The highest BCUT2D eigenvalue weighted by Gasteiger charge is 2.51. The SMILES string of the molecule is Cc1noc(CCNC(=O)NC2(C(=O)O)CC2)n1. The van der Waals surface area contributed by atoms with Crippen molar-refractivity contribution in [2.75, 3.05) is 6.54 Å². The van der Waals surface area contributed by atoms with E-state index in [1.807, 2.05) is 0 Å². The van der Waals surface area contributed by atoms with Gasteiger partial charge < -0.3 is 20.3 Å². The average Bonchev–Trinajstić information content (AvgIpc) is 2.96. The lowest BCUT2D eigenvalue weighted by Crippen LogP contribution is -2.48. The molecule has 0 unspecified atom stereocenters. The standard InChI is InChI=1S/C10H14N4O4/c1-6-12-7(18-14-6)2-5-11-9(17)13-10(3-4-10)8(15)16/h2-5H2,1H3,(H,15,16)(H2,11,13,17). The summed E-state index contributed by atoms with van der Waals surface area (Å²) in [5, 5.41) is 17.5. The molecule has 0 spiro atoms. The first-order valence-corrected chi connectivity index (χ1v) is 5.60. The highest BCUT2D eigenvalue weighted by Crippen LogP contribution is 2.35. The van der Waals surface area contributed by atoms with E-state index in [0.29, 0.717) is 37.5 Å². The summed E-state index contributed by atoms with van der Waals surface area (Å²) in [4.78, 5) is 26.3. The van der Waals surface area contributed by atoms with Crippen LogP contribution in [0.1, 0.15) is 24.6 Å². The molecule has 0 bridgehead atoms. The fraction of sp³-hybridized carbons (Fsp3) is 0.600. The number of nitrogens with zero attached hydrogens (tertiary/aromatic N) is 2. The van der Waals surface area contributed by atoms with Crippen LogP contribution in [0.25, 0.3) is 0 Å². The number of carbonyl (C=O) groups excluding carboxylic acids is 1. The van der Waals surface area contributed by atoms with Crippen LogP contribution in [0, 0.1) is 6.92 Å². The summed E-state index contributed by atoms with van der Waals surface area (Å²) in [6.45, 7) is 2.01. The van der Waals surface area contributed by atoms with Crippen LogP contribution in [0.2, 0.25) is 0 Å². The van der Waals surface area contributed by atoms with Crippen molar-refractivity contribution in [1.29, 1.82) is 0 Å². The second-order valence-electron chi connectivity index (χ2n) is 4.25. The van der Waals surface area contributed by atoms with Gasteiger partial charge in [-0.15, -0.1) is 0 Å². The van der Waals surface area contributed by atoms with Crippen molar-refractivity contribution >= 4 is 12.0 Å². The number of amides is 2. The van der Waals surface area contributed by atoms with E-state index >= 15 is 0 Å². The van der Waals surface area contributed by atoms with Gasteiger partial charge in [-0.2, -0.15) is 4.98 Å². The van der Waals surface area contributed by atoms with Crippen LogP contribution in [-0.2, 0) is 11.2 Å². The predicted molar refractivity (Wildman–Crippen MR) is 58.9 cm³/mol. The summed E-state index contributed by atoms with van der Waals surface area (Å²) in [7, 11) is 0. The first-order chi connectivity index (χ1) is 8.52. The van der Waals surface area contributed by atoms with Gasteiger partial charge in [-0.3, -0.25) is 0 Å².